The number of nitrogens with one attached hydrogen (secondary N) is 1. The summed E-state index contributed by atoms with van der Waals surface area (Å²) in [5.41, 5.74) is 3.07. The molecule has 0 amide bonds. The van der Waals surface area contributed by atoms with E-state index < -0.39 is 0 Å². The second-order valence-corrected chi connectivity index (χ2v) is 9.55. The molecule has 1 N–H and O–H groups in total. The molecule has 2 aromatic rings. The molecule has 0 atom stereocenters. The van der Waals surface area contributed by atoms with Crippen LogP contribution >= 0.6 is 11.3 Å². The number of aromatic amines is 1. The van der Waals surface area contributed by atoms with Crippen molar-refractivity contribution < 1.29 is 0 Å². The second-order valence-electron chi connectivity index (χ2n) is 8.39. The number of likely N-dealkylation sites (tertiary alicyclic amines) is 2. The Morgan fingerprint density at radius 2 is 1.83 bits per heavy atom. The lowest BCUT2D eigenvalue weighted by Gasteiger charge is -2.40. The van der Waals surface area contributed by atoms with E-state index in [0.717, 1.165) is 30.3 Å². The number of piperidine rings is 2. The first-order valence-corrected chi connectivity index (χ1v) is 11.7. The third kappa shape index (κ3) is 5.19. The molecule has 0 unspecified atom stereocenters. The maximum Gasteiger partial charge on any atom is 0.251 e. The van der Waals surface area contributed by atoms with Gasteiger partial charge in [-0.05, 0) is 70.3 Å². The lowest BCUT2D eigenvalue weighted by Crippen LogP contribution is -2.46. The first kappa shape index (κ1) is 22.3. The van der Waals surface area contributed by atoms with Gasteiger partial charge >= 0.3 is 0 Å². The van der Waals surface area contributed by atoms with Gasteiger partial charge in [0.15, 0.2) is 0 Å². The van der Waals surface area contributed by atoms with Gasteiger partial charge in [-0.2, -0.15) is 0 Å². The maximum atomic E-state index is 12.0. The summed E-state index contributed by atoms with van der Waals surface area (Å²) in [7, 11) is 0. The number of hydrogen-bond acceptors (Lipinski definition) is 4. The number of thiophene rings is 1. The highest BCUT2D eigenvalue weighted by Crippen LogP contribution is 2.31. The molecule has 2 saturated heterocycles. The van der Waals surface area contributed by atoms with Gasteiger partial charge in [0.25, 0.3) is 5.56 Å². The average Bonchev–Trinajstić information content (AvgIpc) is 3.17. The zero-order valence-corrected chi connectivity index (χ0v) is 18.1. The van der Waals surface area contributed by atoms with Crippen LogP contribution in [0.15, 0.2) is 23.0 Å². The van der Waals surface area contributed by atoms with Gasteiger partial charge in [0.2, 0.25) is 0 Å². The zero-order chi connectivity index (χ0) is 19.5. The molecule has 0 saturated carbocycles. The Bertz CT molecular complexity index is 842. The molecule has 160 valence electrons. The van der Waals surface area contributed by atoms with Crippen molar-refractivity contribution in [2.75, 3.05) is 26.2 Å². The summed E-state index contributed by atoms with van der Waals surface area (Å²) in [6, 6.07) is 7.38. The lowest BCUT2D eigenvalue weighted by molar-refractivity contribution is 0.0901. The molecule has 0 aromatic carbocycles. The first-order chi connectivity index (χ1) is 13.6. The van der Waals surface area contributed by atoms with Crippen molar-refractivity contribution in [3.05, 3.63) is 44.7 Å². The van der Waals surface area contributed by atoms with E-state index in [9.17, 15) is 4.79 Å². The van der Waals surface area contributed by atoms with Crippen molar-refractivity contribution in [2.24, 2.45) is 0 Å². The fourth-order valence-corrected chi connectivity index (χ4v) is 5.86. The van der Waals surface area contributed by atoms with Crippen molar-refractivity contribution >= 4 is 11.3 Å². The van der Waals surface area contributed by atoms with Gasteiger partial charge in [-0.15, -0.1) is 11.3 Å². The van der Waals surface area contributed by atoms with Crippen LogP contribution < -0.4 is 5.56 Å². The van der Waals surface area contributed by atoms with Crippen LogP contribution in [-0.4, -0.2) is 47.0 Å². The Hall–Kier alpha value is -1.43. The number of aromatic nitrogens is 1. The molecule has 29 heavy (non-hydrogen) atoms. The van der Waals surface area contributed by atoms with E-state index in [1.54, 1.807) is 0 Å². The van der Waals surface area contributed by atoms with Crippen LogP contribution in [0.4, 0.5) is 0 Å². The summed E-state index contributed by atoms with van der Waals surface area (Å²) in [4.78, 5) is 23.1. The van der Waals surface area contributed by atoms with Gasteiger partial charge in [-0.1, -0.05) is 20.8 Å². The fourth-order valence-electron chi connectivity index (χ4n) is 4.74. The van der Waals surface area contributed by atoms with Gasteiger partial charge in [-0.3, -0.25) is 9.69 Å². The molecular weight excluding hydrogens is 378 g/mol. The van der Waals surface area contributed by atoms with Gasteiger partial charge in [0.05, 0.1) is 0 Å². The van der Waals surface area contributed by atoms with E-state index in [0.29, 0.717) is 0 Å². The monoisotopic (exact) mass is 415 g/mol. The molecule has 0 aliphatic carbocycles. The summed E-state index contributed by atoms with van der Waals surface area (Å²) < 4.78 is 0. The largest absolute Gasteiger partial charge is 0.326 e. The van der Waals surface area contributed by atoms with Gasteiger partial charge in [0, 0.05) is 52.3 Å². The molecule has 2 aliphatic rings. The highest BCUT2D eigenvalue weighted by molar-refractivity contribution is 7.15. The van der Waals surface area contributed by atoms with Crippen LogP contribution in [0.2, 0.25) is 0 Å². The molecule has 4 nitrogen and oxygen atoms in total. The Labute approximate surface area is 179 Å². The summed E-state index contributed by atoms with van der Waals surface area (Å²) >= 11 is 1.87. The minimum absolute atomic E-state index is 0. The van der Waals surface area contributed by atoms with Crippen molar-refractivity contribution in [2.45, 2.75) is 72.4 Å². The maximum absolute atomic E-state index is 12.0. The molecule has 5 heteroatoms. The van der Waals surface area contributed by atoms with Crippen LogP contribution in [0, 0.1) is 6.92 Å². The Kier molecular flexibility index (Phi) is 7.72. The predicted molar refractivity (Wildman–Crippen MR) is 125 cm³/mol. The van der Waals surface area contributed by atoms with Crippen LogP contribution in [0.1, 0.15) is 62.6 Å². The van der Waals surface area contributed by atoms with Crippen molar-refractivity contribution in [3.8, 4) is 10.4 Å². The van der Waals surface area contributed by atoms with Crippen molar-refractivity contribution in [1.29, 1.82) is 0 Å². The summed E-state index contributed by atoms with van der Waals surface area (Å²) in [6.45, 7) is 10.2. The van der Waals surface area contributed by atoms with E-state index in [1.807, 2.05) is 25.2 Å². The minimum Gasteiger partial charge on any atom is -0.326 e. The third-order valence-electron chi connectivity index (χ3n) is 6.47. The molecule has 4 heterocycles. The SMILES string of the molecule is C.CCc1cc(-c2ccc(CN3CCC(N4CCCCC4)CC3)s2)c(C)[nH]c1=O. The standard InChI is InChI=1S/C23H33N3OS.CH4/c1-3-18-15-21(17(2)24-23(18)27)22-8-7-20(28-22)16-25-13-9-19(10-14-25)26-11-5-4-6-12-26;/h7-8,15,19H,3-6,9-14,16H2,1-2H3,(H,24,27);1H4. The fraction of sp³-hybridized carbons (Fsp3) is 0.625. The normalized spacial score (nSPS) is 19.2. The zero-order valence-electron chi connectivity index (χ0n) is 17.3. The molecule has 2 aromatic heterocycles. The van der Waals surface area contributed by atoms with Crippen LogP contribution in [0.3, 0.4) is 0 Å². The molecular formula is C24H37N3OS. The van der Waals surface area contributed by atoms with E-state index in [2.05, 4.69) is 33.0 Å². The number of hydrogen-bond donors (Lipinski definition) is 1. The lowest BCUT2D eigenvalue weighted by atomic mass is 10.00. The quantitative estimate of drug-likeness (QED) is 0.742. The predicted octanol–water partition coefficient (Wildman–Crippen LogP) is 5.06. The smallest absolute Gasteiger partial charge is 0.251 e. The summed E-state index contributed by atoms with van der Waals surface area (Å²) in [6.07, 6.45) is 7.61. The van der Waals surface area contributed by atoms with E-state index in [-0.39, 0.29) is 13.0 Å². The minimum atomic E-state index is 0. The van der Waals surface area contributed by atoms with Crippen LogP contribution in [0.25, 0.3) is 10.4 Å². The van der Waals surface area contributed by atoms with E-state index in [1.165, 1.54) is 73.6 Å². The van der Waals surface area contributed by atoms with E-state index >= 15 is 0 Å². The molecule has 0 radical (unpaired) electrons. The molecule has 4 rings (SSSR count). The van der Waals surface area contributed by atoms with Crippen molar-refractivity contribution in [1.82, 2.24) is 14.8 Å². The highest BCUT2D eigenvalue weighted by Gasteiger charge is 2.25. The topological polar surface area (TPSA) is 39.3 Å². The summed E-state index contributed by atoms with van der Waals surface area (Å²) in [5.74, 6) is 0. The van der Waals surface area contributed by atoms with Crippen LogP contribution in [-0.2, 0) is 13.0 Å². The average molecular weight is 416 g/mol. The number of nitrogens with zero attached hydrogens (tertiary/aromatic N) is 2. The van der Waals surface area contributed by atoms with Gasteiger partial charge in [-0.25, -0.2) is 0 Å². The highest BCUT2D eigenvalue weighted by atomic mass is 32.1. The Morgan fingerprint density at radius 1 is 1.10 bits per heavy atom. The Morgan fingerprint density at radius 3 is 2.52 bits per heavy atom. The first-order valence-electron chi connectivity index (χ1n) is 10.9. The summed E-state index contributed by atoms with van der Waals surface area (Å²) in [5, 5.41) is 0. The molecule has 2 fully saturated rings. The number of aryl methyl sites for hydroxylation is 2. The molecule has 2 aliphatic heterocycles. The Balaban J connectivity index is 0.00000240. The number of H-pyrrole nitrogens is 1. The number of rotatable bonds is 5. The van der Waals surface area contributed by atoms with Crippen LogP contribution in [0.5, 0.6) is 0 Å². The van der Waals surface area contributed by atoms with Gasteiger partial charge < -0.3 is 9.88 Å². The van der Waals surface area contributed by atoms with Gasteiger partial charge in [0.1, 0.15) is 0 Å². The van der Waals surface area contributed by atoms with E-state index in [4.69, 9.17) is 0 Å². The third-order valence-corrected chi connectivity index (χ3v) is 7.57. The molecule has 0 spiro atoms. The van der Waals surface area contributed by atoms with Crippen molar-refractivity contribution in [3.63, 3.8) is 0 Å². The number of pyridine rings is 1. The second kappa shape index (κ2) is 10.1. The molecule has 0 bridgehead atoms.